The molecule has 0 spiro atoms. The van der Waals surface area contributed by atoms with Crippen molar-refractivity contribution in [2.24, 2.45) is 0 Å². The Balaban J connectivity index is -0.000000194. The zero-order valence-electron chi connectivity index (χ0n) is 9.73. The predicted molar refractivity (Wildman–Crippen MR) is 59.1 cm³/mol. The van der Waals surface area contributed by atoms with Gasteiger partial charge in [0.1, 0.15) is 11.7 Å². The van der Waals surface area contributed by atoms with E-state index in [4.69, 9.17) is 24.6 Å². The first-order chi connectivity index (χ1) is 8.27. The van der Waals surface area contributed by atoms with Gasteiger partial charge in [-0.1, -0.05) is 0 Å². The van der Waals surface area contributed by atoms with Gasteiger partial charge in [0.25, 0.3) is 11.9 Å². The molecule has 0 bridgehead atoms. The number of carboxylic acid groups (broad SMARTS) is 2. The molecule has 0 saturated heterocycles. The molecule has 1 heterocycles. The molecule has 18 heavy (non-hydrogen) atoms. The van der Waals surface area contributed by atoms with Gasteiger partial charge >= 0.3 is 5.88 Å². The second-order valence-electron chi connectivity index (χ2n) is 2.25. The first kappa shape index (κ1) is 20.7. The maximum atomic E-state index is 9.77. The highest BCUT2D eigenvalue weighted by Gasteiger charge is 2.04. The van der Waals surface area contributed by atoms with Crippen LogP contribution in [0.1, 0.15) is 13.8 Å². The van der Waals surface area contributed by atoms with Gasteiger partial charge in [-0.15, -0.1) is 0 Å². The number of hydrogen-bond acceptors (Lipinski definition) is 6. The number of nitrogens with zero attached hydrogens (tertiary/aromatic N) is 1. The molecule has 0 fully saturated rings. The minimum atomic E-state index is -0.833. The fourth-order valence-electron chi connectivity index (χ4n) is 0.374. The van der Waals surface area contributed by atoms with E-state index in [0.717, 1.165) is 13.8 Å². The normalized spacial score (nSPS) is 7.00. The molecule has 1 aromatic rings. The lowest BCUT2D eigenvalue weighted by Gasteiger charge is -1.76. The minimum Gasteiger partial charge on any atom is -0.481 e. The summed E-state index contributed by atoms with van der Waals surface area (Å²) in [5.74, 6) is -1.88. The van der Waals surface area contributed by atoms with E-state index in [-0.39, 0.29) is 5.88 Å². The average molecular weight is 263 g/mol. The minimum absolute atomic E-state index is 0.218. The fourth-order valence-corrected chi connectivity index (χ4v) is 0.374. The van der Waals surface area contributed by atoms with E-state index in [0.29, 0.717) is 0 Å². The van der Waals surface area contributed by atoms with Crippen LogP contribution in [0.15, 0.2) is 22.8 Å². The van der Waals surface area contributed by atoms with Crippen LogP contribution in [0.4, 0.5) is 5.88 Å². The maximum absolute atomic E-state index is 9.77. The van der Waals surface area contributed by atoms with Crippen LogP contribution >= 0.6 is 0 Å². The van der Waals surface area contributed by atoms with E-state index in [1.165, 1.54) is 18.4 Å². The molecule has 102 valence electrons. The largest absolute Gasteiger partial charge is 0.481 e. The second-order valence-corrected chi connectivity index (χ2v) is 2.25. The monoisotopic (exact) mass is 263 g/mol. The zero-order valence-corrected chi connectivity index (χ0v) is 9.73. The molecule has 0 aliphatic carbocycles. The van der Waals surface area contributed by atoms with Crippen molar-refractivity contribution in [3.63, 3.8) is 0 Å². The predicted octanol–water partition coefficient (Wildman–Crippen LogP) is 1.18. The highest BCUT2D eigenvalue weighted by atomic mass is 16.6. The van der Waals surface area contributed by atoms with Gasteiger partial charge in [0.05, 0.1) is 12.3 Å². The topological polar surface area (TPSA) is 148 Å². The van der Waals surface area contributed by atoms with Crippen LogP contribution < -0.4 is 0 Å². The molecule has 1 rings (SSSR count). The highest BCUT2D eigenvalue weighted by Crippen LogP contribution is 2.08. The Hall–Kier alpha value is -2.71. The maximum Gasteiger partial charge on any atom is 0.432 e. The van der Waals surface area contributed by atoms with Crippen LogP contribution in [0.2, 0.25) is 0 Å². The van der Waals surface area contributed by atoms with Crippen molar-refractivity contribution < 1.29 is 33.9 Å². The van der Waals surface area contributed by atoms with Gasteiger partial charge in [-0.25, -0.2) is 0 Å². The van der Waals surface area contributed by atoms with Gasteiger partial charge in [0.15, 0.2) is 0 Å². The molecule has 9 nitrogen and oxygen atoms in total. The lowest BCUT2D eigenvalue weighted by molar-refractivity contribution is -0.402. The molecule has 0 aliphatic heterocycles. The van der Waals surface area contributed by atoms with Crippen molar-refractivity contribution in [2.45, 2.75) is 13.8 Å². The van der Waals surface area contributed by atoms with Gasteiger partial charge in [-0.2, -0.15) is 0 Å². The molecule has 0 radical (unpaired) electrons. The summed E-state index contributed by atoms with van der Waals surface area (Å²) in [5.41, 5.74) is 0. The molecular formula is C9H13NO8. The second kappa shape index (κ2) is 14.3. The highest BCUT2D eigenvalue weighted by molar-refractivity contribution is 5.63. The Labute approximate surface area is 102 Å². The molecular weight excluding hydrogens is 250 g/mol. The molecule has 1 aromatic heterocycles. The SMILES string of the molecule is C=O.CC(=O)O.CC(=O)O.O=[N+]([O-])c1ccco1. The molecule has 0 aromatic carbocycles. The summed E-state index contributed by atoms with van der Waals surface area (Å²) in [6, 6.07) is 2.76. The van der Waals surface area contributed by atoms with Crippen molar-refractivity contribution in [1.82, 2.24) is 0 Å². The summed E-state index contributed by atoms with van der Waals surface area (Å²) in [5, 5.41) is 24.6. The summed E-state index contributed by atoms with van der Waals surface area (Å²) in [4.78, 5) is 35.2. The number of aliphatic carboxylic acids is 2. The van der Waals surface area contributed by atoms with E-state index in [2.05, 4.69) is 4.42 Å². The Kier molecular flexibility index (Phi) is 16.4. The van der Waals surface area contributed by atoms with Crippen molar-refractivity contribution in [3.05, 3.63) is 28.5 Å². The van der Waals surface area contributed by atoms with Crippen molar-refractivity contribution in [2.75, 3.05) is 0 Å². The summed E-state index contributed by atoms with van der Waals surface area (Å²) >= 11 is 0. The molecule has 0 aliphatic rings. The Morgan fingerprint density at radius 3 is 1.72 bits per heavy atom. The first-order valence-corrected chi connectivity index (χ1v) is 4.13. The third kappa shape index (κ3) is 29.2. The van der Waals surface area contributed by atoms with Crippen LogP contribution in [0, 0.1) is 10.1 Å². The smallest absolute Gasteiger partial charge is 0.432 e. The van der Waals surface area contributed by atoms with Crippen LogP contribution in [-0.4, -0.2) is 33.9 Å². The van der Waals surface area contributed by atoms with E-state index in [9.17, 15) is 10.1 Å². The molecule has 0 unspecified atom stereocenters. The molecule has 9 heteroatoms. The third-order valence-electron chi connectivity index (χ3n) is 0.686. The van der Waals surface area contributed by atoms with Crippen molar-refractivity contribution in [3.8, 4) is 0 Å². The molecule has 2 N–H and O–H groups in total. The Morgan fingerprint density at radius 2 is 1.61 bits per heavy atom. The van der Waals surface area contributed by atoms with E-state index < -0.39 is 16.9 Å². The van der Waals surface area contributed by atoms with E-state index in [1.807, 2.05) is 6.79 Å². The van der Waals surface area contributed by atoms with Gasteiger partial charge in [0, 0.05) is 13.8 Å². The summed E-state index contributed by atoms with van der Waals surface area (Å²) < 4.78 is 4.40. The zero-order chi connectivity index (χ0) is 15.1. The third-order valence-corrected chi connectivity index (χ3v) is 0.686. The summed E-state index contributed by atoms with van der Waals surface area (Å²) in [6.45, 7) is 4.17. The summed E-state index contributed by atoms with van der Waals surface area (Å²) in [6.07, 6.45) is 1.26. The van der Waals surface area contributed by atoms with E-state index >= 15 is 0 Å². The van der Waals surface area contributed by atoms with Crippen LogP contribution in [0.25, 0.3) is 0 Å². The number of carbonyl (C=O) groups is 3. The number of hydrogen-bond donors (Lipinski definition) is 2. The average Bonchev–Trinajstić information content (AvgIpc) is 2.71. The first-order valence-electron chi connectivity index (χ1n) is 4.13. The van der Waals surface area contributed by atoms with E-state index in [1.54, 1.807) is 0 Å². The number of carboxylic acids is 2. The van der Waals surface area contributed by atoms with Gasteiger partial charge in [-0.05, 0) is 6.07 Å². The Morgan fingerprint density at radius 1 is 1.28 bits per heavy atom. The molecule has 0 saturated carbocycles. The van der Waals surface area contributed by atoms with Gasteiger partial charge in [0.2, 0.25) is 0 Å². The fraction of sp³-hybridized carbons (Fsp3) is 0.222. The van der Waals surface area contributed by atoms with Gasteiger partial charge < -0.3 is 19.4 Å². The lowest BCUT2D eigenvalue weighted by atomic mass is 10.6. The Bertz CT molecular complexity index is 325. The van der Waals surface area contributed by atoms with Gasteiger partial charge in [-0.3, -0.25) is 19.7 Å². The number of furan rings is 1. The van der Waals surface area contributed by atoms with Crippen molar-refractivity contribution in [1.29, 1.82) is 0 Å². The quantitative estimate of drug-likeness (QED) is 0.566. The molecule has 0 amide bonds. The number of nitro groups is 1. The number of rotatable bonds is 1. The van der Waals surface area contributed by atoms with Crippen LogP contribution in [0.3, 0.4) is 0 Å². The van der Waals surface area contributed by atoms with Crippen molar-refractivity contribution >= 4 is 24.6 Å². The lowest BCUT2D eigenvalue weighted by Crippen LogP contribution is -1.81. The van der Waals surface area contributed by atoms with Crippen LogP contribution in [-0.2, 0) is 14.4 Å². The number of carbonyl (C=O) groups excluding carboxylic acids is 1. The summed E-state index contributed by atoms with van der Waals surface area (Å²) in [7, 11) is 0. The molecule has 0 atom stereocenters. The standard InChI is InChI=1S/C4H3NO3.2C2H4O2.CH2O/c6-5(7)4-2-1-3-8-4;2*1-2(3)4;1-2/h1-3H;2*1H3,(H,3,4);1H2. The van der Waals surface area contributed by atoms with Crippen LogP contribution in [0.5, 0.6) is 0 Å².